The maximum Gasteiger partial charge on any atom is 0.0914 e. The second kappa shape index (κ2) is 6.63. The number of nitrogens with one attached hydrogen (secondary N) is 1. The monoisotopic (exact) mass is 222 g/mol. The van der Waals surface area contributed by atoms with Gasteiger partial charge in [-0.25, -0.2) is 0 Å². The quantitative estimate of drug-likeness (QED) is 0.710. The standard InChI is InChI=1S/C13H22N2O/c1-11-5-4-6-12(9-11)13(16)10-14-7-8-15(2)3/h4-6,9,13-14,16H,7-8,10H2,1-3H3. The highest BCUT2D eigenvalue weighted by Crippen LogP contribution is 2.12. The third-order valence-electron chi connectivity index (χ3n) is 2.50. The molecule has 1 unspecified atom stereocenters. The first kappa shape index (κ1) is 13.2. The number of aliphatic hydroxyl groups is 1. The van der Waals surface area contributed by atoms with E-state index in [1.165, 1.54) is 5.56 Å². The van der Waals surface area contributed by atoms with Crippen LogP contribution < -0.4 is 5.32 Å². The first-order valence-electron chi connectivity index (χ1n) is 5.69. The van der Waals surface area contributed by atoms with E-state index < -0.39 is 6.10 Å². The Hall–Kier alpha value is -0.900. The van der Waals surface area contributed by atoms with Crippen molar-refractivity contribution in [2.24, 2.45) is 0 Å². The summed E-state index contributed by atoms with van der Waals surface area (Å²) in [6.45, 7) is 4.53. The number of benzene rings is 1. The molecule has 0 aliphatic carbocycles. The minimum Gasteiger partial charge on any atom is -0.387 e. The molecule has 0 amide bonds. The average Bonchev–Trinajstić information content (AvgIpc) is 2.24. The minimum atomic E-state index is -0.415. The molecule has 16 heavy (non-hydrogen) atoms. The van der Waals surface area contributed by atoms with E-state index in [9.17, 15) is 5.11 Å². The van der Waals surface area contributed by atoms with Crippen molar-refractivity contribution >= 4 is 0 Å². The lowest BCUT2D eigenvalue weighted by atomic mass is 10.1. The fourth-order valence-corrected chi connectivity index (χ4v) is 1.54. The number of hydrogen-bond donors (Lipinski definition) is 2. The second-order valence-electron chi connectivity index (χ2n) is 4.44. The normalized spacial score (nSPS) is 13.1. The van der Waals surface area contributed by atoms with Gasteiger partial charge in [0.25, 0.3) is 0 Å². The molecule has 0 aliphatic rings. The average molecular weight is 222 g/mol. The summed E-state index contributed by atoms with van der Waals surface area (Å²) < 4.78 is 0. The van der Waals surface area contributed by atoms with Crippen LogP contribution in [0.5, 0.6) is 0 Å². The number of aliphatic hydroxyl groups excluding tert-OH is 1. The van der Waals surface area contributed by atoms with Gasteiger partial charge in [0, 0.05) is 19.6 Å². The van der Waals surface area contributed by atoms with Gasteiger partial charge in [-0.15, -0.1) is 0 Å². The molecule has 90 valence electrons. The SMILES string of the molecule is Cc1cccc(C(O)CNCCN(C)C)c1. The molecule has 1 rings (SSSR count). The van der Waals surface area contributed by atoms with E-state index in [-0.39, 0.29) is 0 Å². The van der Waals surface area contributed by atoms with E-state index in [0.29, 0.717) is 6.54 Å². The van der Waals surface area contributed by atoms with Crippen LogP contribution in [0.4, 0.5) is 0 Å². The summed E-state index contributed by atoms with van der Waals surface area (Å²) in [6.07, 6.45) is -0.415. The summed E-state index contributed by atoms with van der Waals surface area (Å²) in [5.41, 5.74) is 2.17. The topological polar surface area (TPSA) is 35.5 Å². The maximum absolute atomic E-state index is 9.93. The van der Waals surface area contributed by atoms with Gasteiger partial charge in [-0.3, -0.25) is 0 Å². The highest BCUT2D eigenvalue weighted by atomic mass is 16.3. The summed E-state index contributed by atoms with van der Waals surface area (Å²) >= 11 is 0. The predicted octanol–water partition coefficient (Wildman–Crippen LogP) is 1.18. The molecule has 0 bridgehead atoms. The molecule has 2 N–H and O–H groups in total. The van der Waals surface area contributed by atoms with Gasteiger partial charge in [-0.05, 0) is 26.6 Å². The van der Waals surface area contributed by atoms with Gasteiger partial charge in [0.2, 0.25) is 0 Å². The van der Waals surface area contributed by atoms with Crippen molar-refractivity contribution in [3.05, 3.63) is 35.4 Å². The van der Waals surface area contributed by atoms with Gasteiger partial charge in [0.1, 0.15) is 0 Å². The molecule has 0 saturated carbocycles. The molecule has 1 aromatic rings. The Morgan fingerprint density at radius 1 is 1.38 bits per heavy atom. The van der Waals surface area contributed by atoms with E-state index in [1.807, 2.05) is 45.3 Å². The summed E-state index contributed by atoms with van der Waals surface area (Å²) in [7, 11) is 4.08. The van der Waals surface area contributed by atoms with Crippen molar-refractivity contribution < 1.29 is 5.11 Å². The molecule has 0 spiro atoms. The van der Waals surface area contributed by atoms with Crippen molar-refractivity contribution in [3.63, 3.8) is 0 Å². The van der Waals surface area contributed by atoms with Crippen LogP contribution in [0.3, 0.4) is 0 Å². The van der Waals surface area contributed by atoms with Gasteiger partial charge >= 0.3 is 0 Å². The molecule has 0 saturated heterocycles. The molecule has 0 fully saturated rings. The largest absolute Gasteiger partial charge is 0.387 e. The van der Waals surface area contributed by atoms with Gasteiger partial charge in [-0.1, -0.05) is 29.8 Å². The zero-order valence-corrected chi connectivity index (χ0v) is 10.4. The molecule has 0 aliphatic heterocycles. The lowest BCUT2D eigenvalue weighted by Crippen LogP contribution is -2.29. The Morgan fingerprint density at radius 2 is 2.12 bits per heavy atom. The highest BCUT2D eigenvalue weighted by Gasteiger charge is 2.06. The van der Waals surface area contributed by atoms with Crippen LogP contribution in [0.1, 0.15) is 17.2 Å². The summed E-state index contributed by atoms with van der Waals surface area (Å²) in [5, 5.41) is 13.2. The predicted molar refractivity (Wildman–Crippen MR) is 67.6 cm³/mol. The van der Waals surface area contributed by atoms with Crippen LogP contribution in [0, 0.1) is 6.92 Å². The molecule has 0 heterocycles. The molecule has 1 aromatic carbocycles. The molecule has 1 atom stereocenters. The van der Waals surface area contributed by atoms with E-state index in [2.05, 4.69) is 10.2 Å². The Labute approximate surface area is 98.1 Å². The number of aryl methyl sites for hydroxylation is 1. The minimum absolute atomic E-state index is 0.415. The van der Waals surface area contributed by atoms with Crippen molar-refractivity contribution in [2.45, 2.75) is 13.0 Å². The van der Waals surface area contributed by atoms with Crippen LogP contribution in [0.2, 0.25) is 0 Å². The Bertz CT molecular complexity index is 313. The fourth-order valence-electron chi connectivity index (χ4n) is 1.54. The lowest BCUT2D eigenvalue weighted by Gasteiger charge is -2.14. The first-order chi connectivity index (χ1) is 7.59. The van der Waals surface area contributed by atoms with Crippen molar-refractivity contribution in [2.75, 3.05) is 33.7 Å². The molecule has 3 heteroatoms. The van der Waals surface area contributed by atoms with Crippen molar-refractivity contribution in [1.82, 2.24) is 10.2 Å². The van der Waals surface area contributed by atoms with Crippen LogP contribution in [-0.4, -0.2) is 43.7 Å². The van der Waals surface area contributed by atoms with Gasteiger partial charge in [0.05, 0.1) is 6.10 Å². The van der Waals surface area contributed by atoms with Crippen LogP contribution >= 0.6 is 0 Å². The number of nitrogens with zero attached hydrogens (tertiary/aromatic N) is 1. The summed E-state index contributed by atoms with van der Waals surface area (Å²) in [4.78, 5) is 2.12. The summed E-state index contributed by atoms with van der Waals surface area (Å²) in [5.74, 6) is 0. The second-order valence-corrected chi connectivity index (χ2v) is 4.44. The van der Waals surface area contributed by atoms with Gasteiger partial charge in [0.15, 0.2) is 0 Å². The van der Waals surface area contributed by atoms with Crippen molar-refractivity contribution in [3.8, 4) is 0 Å². The van der Waals surface area contributed by atoms with Gasteiger partial charge in [-0.2, -0.15) is 0 Å². The molecular weight excluding hydrogens is 200 g/mol. The molecule has 3 nitrogen and oxygen atoms in total. The van der Waals surface area contributed by atoms with E-state index >= 15 is 0 Å². The first-order valence-corrected chi connectivity index (χ1v) is 5.69. The smallest absolute Gasteiger partial charge is 0.0914 e. The Balaban J connectivity index is 2.32. The van der Waals surface area contributed by atoms with Crippen molar-refractivity contribution in [1.29, 1.82) is 0 Å². The van der Waals surface area contributed by atoms with Crippen LogP contribution in [-0.2, 0) is 0 Å². The number of likely N-dealkylation sites (N-methyl/N-ethyl adjacent to an activating group) is 1. The van der Waals surface area contributed by atoms with Crippen LogP contribution in [0.15, 0.2) is 24.3 Å². The fraction of sp³-hybridized carbons (Fsp3) is 0.538. The number of rotatable bonds is 6. The van der Waals surface area contributed by atoms with E-state index in [0.717, 1.165) is 18.7 Å². The molecule has 0 aromatic heterocycles. The van der Waals surface area contributed by atoms with E-state index in [1.54, 1.807) is 0 Å². The Kier molecular flexibility index (Phi) is 5.46. The van der Waals surface area contributed by atoms with Crippen LogP contribution in [0.25, 0.3) is 0 Å². The third-order valence-corrected chi connectivity index (χ3v) is 2.50. The molecular formula is C13H22N2O. The zero-order valence-electron chi connectivity index (χ0n) is 10.4. The highest BCUT2D eigenvalue weighted by molar-refractivity contribution is 5.24. The lowest BCUT2D eigenvalue weighted by molar-refractivity contribution is 0.173. The van der Waals surface area contributed by atoms with E-state index in [4.69, 9.17) is 0 Å². The van der Waals surface area contributed by atoms with Gasteiger partial charge < -0.3 is 15.3 Å². The zero-order chi connectivity index (χ0) is 12.0. The summed E-state index contributed by atoms with van der Waals surface area (Å²) in [6, 6.07) is 8.01. The Morgan fingerprint density at radius 3 is 2.75 bits per heavy atom. The third kappa shape index (κ3) is 4.75. The molecule has 0 radical (unpaired) electrons. The number of hydrogen-bond acceptors (Lipinski definition) is 3. The maximum atomic E-state index is 9.93.